The van der Waals surface area contributed by atoms with Crippen molar-refractivity contribution >= 4 is 5.78 Å². The second kappa shape index (κ2) is 8.74. The van der Waals surface area contributed by atoms with Gasteiger partial charge in [-0.25, -0.2) is 0 Å². The van der Waals surface area contributed by atoms with Gasteiger partial charge < -0.3 is 9.47 Å². The smallest absolute Gasteiger partial charge is 0.166 e. The predicted octanol–water partition coefficient (Wildman–Crippen LogP) is 4.68. The van der Waals surface area contributed by atoms with Crippen LogP contribution in [0, 0.1) is 17.8 Å². The zero-order valence-corrected chi connectivity index (χ0v) is 17.9. The molecule has 0 N–H and O–H groups in total. The second-order valence-corrected chi connectivity index (χ2v) is 8.89. The van der Waals surface area contributed by atoms with Crippen LogP contribution in [0.15, 0.2) is 35.9 Å². The molecule has 1 heterocycles. The summed E-state index contributed by atoms with van der Waals surface area (Å²) in [7, 11) is 3.27. The maximum absolute atomic E-state index is 13.0. The van der Waals surface area contributed by atoms with E-state index < -0.39 is 0 Å². The fourth-order valence-corrected chi connectivity index (χ4v) is 5.13. The Morgan fingerprint density at radius 1 is 1.10 bits per heavy atom. The summed E-state index contributed by atoms with van der Waals surface area (Å²) in [5, 5.41) is 0. The number of ether oxygens (including phenoxy) is 2. The van der Waals surface area contributed by atoms with Gasteiger partial charge in [-0.3, -0.25) is 9.69 Å². The zero-order valence-electron chi connectivity index (χ0n) is 17.9. The van der Waals surface area contributed by atoms with E-state index >= 15 is 0 Å². The zero-order chi connectivity index (χ0) is 20.4. The Hall–Kier alpha value is -2.07. The average Bonchev–Trinajstić information content (AvgIpc) is 3.04. The SMILES string of the molecule is COc1cc2c(cc1OC)C(=O)C(CC1CCN(CC3=CC=CCC3C)CC1)C2. The summed E-state index contributed by atoms with van der Waals surface area (Å²) >= 11 is 0. The normalized spacial score (nSPS) is 25.1. The first-order chi connectivity index (χ1) is 14.1. The molecule has 0 amide bonds. The molecule has 2 unspecified atom stereocenters. The Bertz CT molecular complexity index is 818. The van der Waals surface area contributed by atoms with E-state index in [9.17, 15) is 4.79 Å². The molecule has 4 nitrogen and oxygen atoms in total. The van der Waals surface area contributed by atoms with Crippen molar-refractivity contribution in [1.82, 2.24) is 4.90 Å². The molecule has 4 rings (SSSR count). The van der Waals surface area contributed by atoms with E-state index in [-0.39, 0.29) is 11.7 Å². The number of hydrogen-bond acceptors (Lipinski definition) is 4. The van der Waals surface area contributed by atoms with Crippen LogP contribution in [0.1, 0.15) is 48.5 Å². The van der Waals surface area contributed by atoms with Crippen molar-refractivity contribution in [3.63, 3.8) is 0 Å². The lowest BCUT2D eigenvalue weighted by atomic mass is 9.85. The van der Waals surface area contributed by atoms with Gasteiger partial charge in [0.15, 0.2) is 17.3 Å². The molecular formula is C25H33NO3. The van der Waals surface area contributed by atoms with Crippen molar-refractivity contribution in [2.45, 2.75) is 39.0 Å². The fourth-order valence-electron chi connectivity index (χ4n) is 5.13. The van der Waals surface area contributed by atoms with Crippen molar-refractivity contribution in [3.05, 3.63) is 47.1 Å². The molecule has 0 spiro atoms. The molecule has 156 valence electrons. The molecule has 2 atom stereocenters. The van der Waals surface area contributed by atoms with Crippen molar-refractivity contribution in [2.75, 3.05) is 33.9 Å². The first-order valence-electron chi connectivity index (χ1n) is 11.0. The molecule has 3 aliphatic rings. The number of fused-ring (bicyclic) bond motifs is 1. The van der Waals surface area contributed by atoms with Crippen molar-refractivity contribution in [2.24, 2.45) is 17.8 Å². The lowest BCUT2D eigenvalue weighted by molar-refractivity contribution is 0.0899. The molecule has 2 aliphatic carbocycles. The third-order valence-electron chi connectivity index (χ3n) is 7.01. The van der Waals surface area contributed by atoms with Crippen LogP contribution in [0.4, 0.5) is 0 Å². The van der Waals surface area contributed by atoms with E-state index in [1.807, 2.05) is 12.1 Å². The van der Waals surface area contributed by atoms with Crippen LogP contribution in [0.2, 0.25) is 0 Å². The average molecular weight is 396 g/mol. The minimum atomic E-state index is 0.115. The number of carbonyl (C=O) groups excluding carboxylic acids is 1. The molecule has 1 aromatic rings. The Morgan fingerprint density at radius 2 is 1.83 bits per heavy atom. The van der Waals surface area contributed by atoms with Gasteiger partial charge in [0.25, 0.3) is 0 Å². The number of methoxy groups -OCH3 is 2. The summed E-state index contributed by atoms with van der Waals surface area (Å²) in [5.74, 6) is 3.09. The highest BCUT2D eigenvalue weighted by Gasteiger charge is 2.34. The highest BCUT2D eigenvalue weighted by atomic mass is 16.5. The summed E-state index contributed by atoms with van der Waals surface area (Å²) in [5.41, 5.74) is 3.51. The number of hydrogen-bond donors (Lipinski definition) is 0. The van der Waals surface area contributed by atoms with Gasteiger partial charge in [0.2, 0.25) is 0 Å². The standard InChI is InChI=1S/C25H33NO3/c1-17-6-4-5-7-19(17)16-26-10-8-18(9-11-26)12-21-13-20-14-23(28-2)24(29-3)15-22(20)25(21)27/h4-5,7,14-15,17-18,21H,6,8-13,16H2,1-3H3. The molecule has 0 bridgehead atoms. The van der Waals surface area contributed by atoms with Gasteiger partial charge >= 0.3 is 0 Å². The van der Waals surface area contributed by atoms with E-state index in [0.717, 1.165) is 43.6 Å². The molecule has 0 aromatic heterocycles. The summed E-state index contributed by atoms with van der Waals surface area (Å²) in [6.07, 6.45) is 12.2. The van der Waals surface area contributed by atoms with Gasteiger partial charge in [0.1, 0.15) is 0 Å². The van der Waals surface area contributed by atoms with E-state index in [1.54, 1.807) is 19.8 Å². The first kappa shape index (κ1) is 20.2. The Morgan fingerprint density at radius 3 is 2.52 bits per heavy atom. The van der Waals surface area contributed by atoms with Gasteiger partial charge in [-0.15, -0.1) is 0 Å². The Balaban J connectivity index is 1.32. The van der Waals surface area contributed by atoms with Crippen LogP contribution in [-0.2, 0) is 6.42 Å². The highest BCUT2D eigenvalue weighted by Crippen LogP contribution is 2.39. The minimum absolute atomic E-state index is 0.115. The van der Waals surface area contributed by atoms with Crippen LogP contribution in [0.5, 0.6) is 11.5 Å². The molecule has 1 fully saturated rings. The molecular weight excluding hydrogens is 362 g/mol. The van der Waals surface area contributed by atoms with Gasteiger partial charge in [-0.2, -0.15) is 0 Å². The molecule has 1 aromatic carbocycles. The number of benzene rings is 1. The van der Waals surface area contributed by atoms with Crippen molar-refractivity contribution in [1.29, 1.82) is 0 Å². The third-order valence-corrected chi connectivity index (χ3v) is 7.01. The van der Waals surface area contributed by atoms with Gasteiger partial charge in [-0.05, 0) is 74.7 Å². The van der Waals surface area contributed by atoms with Crippen LogP contribution in [0.25, 0.3) is 0 Å². The van der Waals surface area contributed by atoms with E-state index in [2.05, 4.69) is 30.1 Å². The number of likely N-dealkylation sites (tertiary alicyclic amines) is 1. The van der Waals surface area contributed by atoms with Crippen LogP contribution >= 0.6 is 0 Å². The second-order valence-electron chi connectivity index (χ2n) is 8.89. The quantitative estimate of drug-likeness (QED) is 0.701. The first-order valence-corrected chi connectivity index (χ1v) is 11.0. The largest absolute Gasteiger partial charge is 0.493 e. The number of allylic oxidation sites excluding steroid dienone is 3. The van der Waals surface area contributed by atoms with Gasteiger partial charge in [-0.1, -0.05) is 30.7 Å². The number of piperidine rings is 1. The fraction of sp³-hybridized carbons (Fsp3) is 0.560. The maximum atomic E-state index is 13.0. The molecule has 1 aliphatic heterocycles. The minimum Gasteiger partial charge on any atom is -0.493 e. The molecule has 1 saturated heterocycles. The number of nitrogens with zero attached hydrogens (tertiary/aromatic N) is 1. The monoisotopic (exact) mass is 395 g/mol. The summed E-state index contributed by atoms with van der Waals surface area (Å²) in [4.78, 5) is 15.6. The lowest BCUT2D eigenvalue weighted by Gasteiger charge is -2.34. The number of carbonyl (C=O) groups is 1. The third kappa shape index (κ3) is 4.28. The van der Waals surface area contributed by atoms with Gasteiger partial charge in [0.05, 0.1) is 14.2 Å². The van der Waals surface area contributed by atoms with E-state index in [4.69, 9.17) is 9.47 Å². The summed E-state index contributed by atoms with van der Waals surface area (Å²) in [6, 6.07) is 3.86. The van der Waals surface area contributed by atoms with Crippen molar-refractivity contribution in [3.8, 4) is 11.5 Å². The number of rotatable bonds is 6. The molecule has 29 heavy (non-hydrogen) atoms. The molecule has 0 saturated carbocycles. The van der Waals surface area contributed by atoms with Gasteiger partial charge in [0, 0.05) is 18.0 Å². The summed E-state index contributed by atoms with van der Waals surface area (Å²) in [6.45, 7) is 5.73. The summed E-state index contributed by atoms with van der Waals surface area (Å²) < 4.78 is 10.8. The lowest BCUT2D eigenvalue weighted by Crippen LogP contribution is -2.36. The number of Topliss-reactive ketones (excluding diaryl/α,β-unsaturated/α-hetero) is 1. The van der Waals surface area contributed by atoms with E-state index in [0.29, 0.717) is 23.3 Å². The number of ketones is 1. The topological polar surface area (TPSA) is 38.8 Å². The van der Waals surface area contributed by atoms with Crippen LogP contribution in [0.3, 0.4) is 0 Å². The van der Waals surface area contributed by atoms with Crippen LogP contribution < -0.4 is 9.47 Å². The highest BCUT2D eigenvalue weighted by molar-refractivity contribution is 6.02. The Labute approximate surface area is 174 Å². The van der Waals surface area contributed by atoms with Crippen LogP contribution in [-0.4, -0.2) is 44.5 Å². The van der Waals surface area contributed by atoms with E-state index in [1.165, 1.54) is 19.3 Å². The maximum Gasteiger partial charge on any atom is 0.166 e. The molecule has 0 radical (unpaired) electrons. The van der Waals surface area contributed by atoms with Crippen molar-refractivity contribution < 1.29 is 14.3 Å². The molecule has 4 heteroatoms. The predicted molar refractivity (Wildman–Crippen MR) is 116 cm³/mol. The Kier molecular flexibility index (Phi) is 6.09.